The molecule has 2 aliphatic rings. The molecule has 1 aromatic rings. The smallest absolute Gasteiger partial charge is 0.219 e. The average Bonchev–Trinajstić information content (AvgIpc) is 2.96. The minimum atomic E-state index is 0.191. The van der Waals surface area contributed by atoms with Crippen LogP contribution in [-0.4, -0.2) is 65.9 Å². The number of amides is 1. The second kappa shape index (κ2) is 7.33. The number of nitriles is 1. The van der Waals surface area contributed by atoms with Gasteiger partial charge >= 0.3 is 0 Å². The standard InChI is InChI=1S/C19H26N4O/c1-15-12-21(13-18-5-3-17(11-20)4-6-18)14-19(15)23-9-7-22(8-10-23)16(2)24/h3-6,15,19H,7-10,12-14H2,1-2H3/t15-,19-/m1/s1. The molecule has 0 aromatic heterocycles. The van der Waals surface area contributed by atoms with Crippen LogP contribution in [-0.2, 0) is 11.3 Å². The van der Waals surface area contributed by atoms with Crippen molar-refractivity contribution in [3.8, 4) is 6.07 Å². The van der Waals surface area contributed by atoms with Crippen molar-refractivity contribution in [2.24, 2.45) is 5.92 Å². The largest absolute Gasteiger partial charge is 0.340 e. The third-order valence-corrected chi connectivity index (χ3v) is 5.37. The molecule has 128 valence electrons. The molecule has 5 heteroatoms. The van der Waals surface area contributed by atoms with Crippen LogP contribution in [0.3, 0.4) is 0 Å². The highest BCUT2D eigenvalue weighted by Gasteiger charge is 2.35. The summed E-state index contributed by atoms with van der Waals surface area (Å²) in [7, 11) is 0. The molecule has 0 bridgehead atoms. The van der Waals surface area contributed by atoms with Gasteiger partial charge in [-0.05, 0) is 23.6 Å². The molecule has 5 nitrogen and oxygen atoms in total. The summed E-state index contributed by atoms with van der Waals surface area (Å²) in [6.07, 6.45) is 0. The van der Waals surface area contributed by atoms with E-state index in [0.717, 1.165) is 51.4 Å². The zero-order valence-electron chi connectivity index (χ0n) is 14.6. The lowest BCUT2D eigenvalue weighted by molar-refractivity contribution is -0.130. The van der Waals surface area contributed by atoms with E-state index in [4.69, 9.17) is 5.26 Å². The minimum absolute atomic E-state index is 0.191. The molecule has 2 aliphatic heterocycles. The Hall–Kier alpha value is -1.90. The number of nitrogens with zero attached hydrogens (tertiary/aromatic N) is 4. The van der Waals surface area contributed by atoms with Crippen molar-refractivity contribution in [3.05, 3.63) is 35.4 Å². The average molecular weight is 326 g/mol. The van der Waals surface area contributed by atoms with Gasteiger partial charge in [0.05, 0.1) is 11.6 Å². The van der Waals surface area contributed by atoms with Gasteiger partial charge < -0.3 is 4.90 Å². The molecule has 0 N–H and O–H groups in total. The molecule has 2 heterocycles. The number of hydrogen-bond donors (Lipinski definition) is 0. The van der Waals surface area contributed by atoms with E-state index < -0.39 is 0 Å². The lowest BCUT2D eigenvalue weighted by Crippen LogP contribution is -2.53. The second-order valence-electron chi connectivity index (χ2n) is 7.09. The number of likely N-dealkylation sites (tertiary alicyclic amines) is 1. The molecule has 0 aliphatic carbocycles. The van der Waals surface area contributed by atoms with Crippen molar-refractivity contribution >= 4 is 5.91 Å². The van der Waals surface area contributed by atoms with Gasteiger partial charge in [-0.15, -0.1) is 0 Å². The third-order valence-electron chi connectivity index (χ3n) is 5.37. The second-order valence-corrected chi connectivity index (χ2v) is 7.09. The highest BCUT2D eigenvalue weighted by Crippen LogP contribution is 2.24. The molecule has 2 atom stereocenters. The van der Waals surface area contributed by atoms with Gasteiger partial charge in [-0.3, -0.25) is 14.6 Å². The molecule has 0 radical (unpaired) electrons. The molecule has 1 aromatic carbocycles. The molecule has 2 saturated heterocycles. The van der Waals surface area contributed by atoms with E-state index in [9.17, 15) is 4.79 Å². The number of rotatable bonds is 3. The van der Waals surface area contributed by atoms with Crippen LogP contribution in [0.25, 0.3) is 0 Å². The van der Waals surface area contributed by atoms with Crippen LogP contribution in [0.1, 0.15) is 25.0 Å². The Balaban J connectivity index is 1.55. The van der Waals surface area contributed by atoms with Crippen molar-refractivity contribution < 1.29 is 4.79 Å². The monoisotopic (exact) mass is 326 g/mol. The Kier molecular flexibility index (Phi) is 5.17. The van der Waals surface area contributed by atoms with Crippen molar-refractivity contribution in [2.75, 3.05) is 39.3 Å². The lowest BCUT2D eigenvalue weighted by atomic mass is 10.0. The van der Waals surface area contributed by atoms with Gasteiger partial charge in [0, 0.05) is 58.8 Å². The number of benzene rings is 1. The summed E-state index contributed by atoms with van der Waals surface area (Å²) in [5, 5.41) is 8.89. The molecule has 0 saturated carbocycles. The molecule has 0 unspecified atom stereocenters. The van der Waals surface area contributed by atoms with Crippen LogP contribution in [0.15, 0.2) is 24.3 Å². The lowest BCUT2D eigenvalue weighted by Gasteiger charge is -2.39. The third kappa shape index (κ3) is 3.77. The van der Waals surface area contributed by atoms with E-state index in [1.165, 1.54) is 5.56 Å². The topological polar surface area (TPSA) is 50.6 Å². The molecule has 3 rings (SSSR count). The van der Waals surface area contributed by atoms with Crippen molar-refractivity contribution in [3.63, 3.8) is 0 Å². The Bertz CT molecular complexity index is 613. The maximum absolute atomic E-state index is 11.5. The van der Waals surface area contributed by atoms with Gasteiger partial charge in [0.25, 0.3) is 0 Å². The van der Waals surface area contributed by atoms with Crippen molar-refractivity contribution in [1.29, 1.82) is 5.26 Å². The summed E-state index contributed by atoms with van der Waals surface area (Å²) in [5.41, 5.74) is 1.98. The van der Waals surface area contributed by atoms with Gasteiger partial charge in [-0.2, -0.15) is 5.26 Å². The molecular formula is C19H26N4O. The number of hydrogen-bond acceptors (Lipinski definition) is 4. The van der Waals surface area contributed by atoms with Crippen molar-refractivity contribution in [1.82, 2.24) is 14.7 Å². The zero-order valence-corrected chi connectivity index (χ0v) is 14.6. The Labute approximate surface area is 144 Å². The fraction of sp³-hybridized carbons (Fsp3) is 0.579. The Morgan fingerprint density at radius 3 is 2.42 bits per heavy atom. The first-order valence-electron chi connectivity index (χ1n) is 8.78. The van der Waals surface area contributed by atoms with Crippen LogP contribution >= 0.6 is 0 Å². The van der Waals surface area contributed by atoms with Crippen molar-refractivity contribution in [2.45, 2.75) is 26.4 Å². The molecule has 24 heavy (non-hydrogen) atoms. The number of piperazine rings is 1. The van der Waals surface area contributed by atoms with Crippen LogP contribution in [0.2, 0.25) is 0 Å². The van der Waals surface area contributed by atoms with E-state index in [0.29, 0.717) is 12.0 Å². The number of carbonyl (C=O) groups excluding carboxylic acids is 1. The Morgan fingerprint density at radius 2 is 1.83 bits per heavy atom. The summed E-state index contributed by atoms with van der Waals surface area (Å²) in [4.78, 5) is 18.5. The fourth-order valence-corrected chi connectivity index (χ4v) is 3.96. The molecular weight excluding hydrogens is 300 g/mol. The maximum atomic E-state index is 11.5. The SMILES string of the molecule is CC(=O)N1CCN([C@@H]2CN(Cc3ccc(C#N)cc3)C[C@H]2C)CC1. The summed E-state index contributed by atoms with van der Waals surface area (Å²) >= 11 is 0. The summed E-state index contributed by atoms with van der Waals surface area (Å²) < 4.78 is 0. The van der Waals surface area contributed by atoms with Crippen LogP contribution in [0.5, 0.6) is 0 Å². The summed E-state index contributed by atoms with van der Waals surface area (Å²) in [5.74, 6) is 0.837. The highest BCUT2D eigenvalue weighted by atomic mass is 16.2. The van der Waals surface area contributed by atoms with Gasteiger partial charge in [0.15, 0.2) is 0 Å². The summed E-state index contributed by atoms with van der Waals surface area (Å²) in [6.45, 7) is 10.8. The first-order chi connectivity index (χ1) is 11.6. The van der Waals surface area contributed by atoms with E-state index in [2.05, 4.69) is 34.9 Å². The van der Waals surface area contributed by atoms with Crippen LogP contribution in [0, 0.1) is 17.2 Å². The molecule has 0 spiro atoms. The quantitative estimate of drug-likeness (QED) is 0.845. The minimum Gasteiger partial charge on any atom is -0.340 e. The van der Waals surface area contributed by atoms with E-state index >= 15 is 0 Å². The maximum Gasteiger partial charge on any atom is 0.219 e. The van der Waals surface area contributed by atoms with Crippen LogP contribution in [0.4, 0.5) is 0 Å². The molecule has 1 amide bonds. The van der Waals surface area contributed by atoms with Gasteiger partial charge in [-0.1, -0.05) is 19.1 Å². The first kappa shape index (κ1) is 16.9. The Morgan fingerprint density at radius 1 is 1.17 bits per heavy atom. The highest BCUT2D eigenvalue weighted by molar-refractivity contribution is 5.73. The van der Waals surface area contributed by atoms with E-state index in [-0.39, 0.29) is 5.91 Å². The van der Waals surface area contributed by atoms with E-state index in [1.807, 2.05) is 17.0 Å². The van der Waals surface area contributed by atoms with Gasteiger partial charge in [-0.25, -0.2) is 0 Å². The van der Waals surface area contributed by atoms with Crippen LogP contribution < -0.4 is 0 Å². The molecule has 2 fully saturated rings. The normalized spacial score (nSPS) is 25.6. The zero-order chi connectivity index (χ0) is 17.1. The predicted octanol–water partition coefficient (Wildman–Crippen LogP) is 1.54. The fourth-order valence-electron chi connectivity index (χ4n) is 3.96. The van der Waals surface area contributed by atoms with E-state index in [1.54, 1.807) is 6.92 Å². The number of carbonyl (C=O) groups is 1. The predicted molar refractivity (Wildman–Crippen MR) is 93.2 cm³/mol. The summed E-state index contributed by atoms with van der Waals surface area (Å²) in [6, 6.07) is 10.7. The first-order valence-corrected chi connectivity index (χ1v) is 8.78. The van der Waals surface area contributed by atoms with Gasteiger partial charge in [0.1, 0.15) is 0 Å². The van der Waals surface area contributed by atoms with Gasteiger partial charge in [0.2, 0.25) is 5.91 Å².